The summed E-state index contributed by atoms with van der Waals surface area (Å²) in [6.45, 7) is 4.91. The fourth-order valence-corrected chi connectivity index (χ4v) is 2.53. The molecule has 0 atom stereocenters. The van der Waals surface area contributed by atoms with Gasteiger partial charge in [0.05, 0.1) is 6.61 Å². The SMILES string of the molecule is CCCCCCCCCCCCOc1cccc(O)c1C. The smallest absolute Gasteiger partial charge is 0.125 e. The van der Waals surface area contributed by atoms with Gasteiger partial charge in [0.1, 0.15) is 11.5 Å². The first-order chi connectivity index (χ1) is 10.3. The van der Waals surface area contributed by atoms with Crippen LogP contribution in [0.5, 0.6) is 11.5 Å². The molecule has 0 heterocycles. The Morgan fingerprint density at radius 2 is 1.43 bits per heavy atom. The molecule has 0 unspecified atom stereocenters. The van der Waals surface area contributed by atoms with E-state index >= 15 is 0 Å². The van der Waals surface area contributed by atoms with Crippen LogP contribution in [-0.2, 0) is 0 Å². The van der Waals surface area contributed by atoms with Crippen LogP contribution >= 0.6 is 0 Å². The van der Waals surface area contributed by atoms with E-state index in [1.807, 2.05) is 19.1 Å². The molecule has 0 aromatic heterocycles. The number of hydrogen-bond acceptors (Lipinski definition) is 2. The van der Waals surface area contributed by atoms with Crippen LogP contribution in [0.1, 0.15) is 76.7 Å². The number of hydrogen-bond donors (Lipinski definition) is 1. The average Bonchev–Trinajstić information content (AvgIpc) is 2.49. The number of unbranched alkanes of at least 4 members (excludes halogenated alkanes) is 9. The third-order valence-corrected chi connectivity index (χ3v) is 4.01. The fourth-order valence-electron chi connectivity index (χ4n) is 2.53. The van der Waals surface area contributed by atoms with Gasteiger partial charge < -0.3 is 9.84 Å². The summed E-state index contributed by atoms with van der Waals surface area (Å²) in [5, 5.41) is 9.60. The van der Waals surface area contributed by atoms with E-state index in [0.29, 0.717) is 5.75 Å². The number of phenols is 1. The second-order valence-corrected chi connectivity index (χ2v) is 5.93. The molecule has 1 rings (SSSR count). The highest BCUT2D eigenvalue weighted by atomic mass is 16.5. The number of aromatic hydroxyl groups is 1. The first-order valence-electron chi connectivity index (χ1n) is 8.67. The molecule has 0 aliphatic rings. The molecule has 21 heavy (non-hydrogen) atoms. The number of ether oxygens (including phenoxy) is 1. The molecular formula is C19H32O2. The summed E-state index contributed by atoms with van der Waals surface area (Å²) in [5.41, 5.74) is 0.838. The molecule has 0 fully saturated rings. The van der Waals surface area contributed by atoms with Crippen LogP contribution in [0.3, 0.4) is 0 Å². The predicted molar refractivity (Wildman–Crippen MR) is 90.2 cm³/mol. The summed E-state index contributed by atoms with van der Waals surface area (Å²) in [7, 11) is 0. The zero-order valence-corrected chi connectivity index (χ0v) is 13.9. The van der Waals surface area contributed by atoms with Gasteiger partial charge in [0, 0.05) is 5.56 Å². The quantitative estimate of drug-likeness (QED) is 0.479. The van der Waals surface area contributed by atoms with Crippen molar-refractivity contribution < 1.29 is 9.84 Å². The largest absolute Gasteiger partial charge is 0.508 e. The molecule has 0 saturated carbocycles. The van der Waals surface area contributed by atoms with E-state index in [1.54, 1.807) is 6.07 Å². The van der Waals surface area contributed by atoms with Gasteiger partial charge in [-0.1, -0.05) is 70.8 Å². The van der Waals surface area contributed by atoms with Gasteiger partial charge in [-0.3, -0.25) is 0 Å². The van der Waals surface area contributed by atoms with Crippen molar-refractivity contribution >= 4 is 0 Å². The maximum atomic E-state index is 9.60. The minimum Gasteiger partial charge on any atom is -0.508 e. The highest BCUT2D eigenvalue weighted by Gasteiger charge is 2.02. The minimum atomic E-state index is 0.315. The van der Waals surface area contributed by atoms with Crippen molar-refractivity contribution in [1.29, 1.82) is 0 Å². The first kappa shape index (κ1) is 17.9. The van der Waals surface area contributed by atoms with Crippen molar-refractivity contribution in [2.45, 2.75) is 78.1 Å². The topological polar surface area (TPSA) is 29.5 Å². The van der Waals surface area contributed by atoms with E-state index in [4.69, 9.17) is 4.74 Å². The third-order valence-electron chi connectivity index (χ3n) is 4.01. The summed E-state index contributed by atoms with van der Waals surface area (Å²) in [4.78, 5) is 0. The van der Waals surface area contributed by atoms with E-state index in [9.17, 15) is 5.11 Å². The second-order valence-electron chi connectivity index (χ2n) is 5.93. The van der Waals surface area contributed by atoms with Crippen LogP contribution in [-0.4, -0.2) is 11.7 Å². The molecule has 2 heteroatoms. The third kappa shape index (κ3) is 7.99. The standard InChI is InChI=1S/C19H32O2/c1-3-4-5-6-7-8-9-10-11-12-16-21-19-15-13-14-18(20)17(19)2/h13-15,20H,3-12,16H2,1-2H3. The van der Waals surface area contributed by atoms with Crippen LogP contribution in [0.25, 0.3) is 0 Å². The lowest BCUT2D eigenvalue weighted by atomic mass is 10.1. The molecule has 0 spiro atoms. The Bertz CT molecular complexity index is 374. The summed E-state index contributed by atoms with van der Waals surface area (Å²) in [6.07, 6.45) is 13.4. The maximum Gasteiger partial charge on any atom is 0.125 e. The van der Waals surface area contributed by atoms with Gasteiger partial charge in [-0.2, -0.15) is 0 Å². The number of benzene rings is 1. The molecule has 0 aliphatic heterocycles. The Hall–Kier alpha value is -1.18. The molecule has 1 aromatic rings. The molecule has 120 valence electrons. The molecule has 0 aliphatic carbocycles. The van der Waals surface area contributed by atoms with Gasteiger partial charge in [0.15, 0.2) is 0 Å². The van der Waals surface area contributed by atoms with E-state index in [2.05, 4.69) is 6.92 Å². The van der Waals surface area contributed by atoms with Gasteiger partial charge in [-0.05, 0) is 25.5 Å². The molecule has 0 bridgehead atoms. The zero-order chi connectivity index (χ0) is 15.3. The van der Waals surface area contributed by atoms with E-state index in [1.165, 1.54) is 57.8 Å². The van der Waals surface area contributed by atoms with Gasteiger partial charge in [-0.15, -0.1) is 0 Å². The second kappa shape index (κ2) is 11.5. The van der Waals surface area contributed by atoms with Crippen LogP contribution in [0.4, 0.5) is 0 Å². The monoisotopic (exact) mass is 292 g/mol. The molecular weight excluding hydrogens is 260 g/mol. The fraction of sp³-hybridized carbons (Fsp3) is 0.684. The van der Waals surface area contributed by atoms with Gasteiger partial charge in [0.25, 0.3) is 0 Å². The molecule has 1 aromatic carbocycles. The van der Waals surface area contributed by atoms with Crippen molar-refractivity contribution in [3.05, 3.63) is 23.8 Å². The Labute approximate surface area is 130 Å². The van der Waals surface area contributed by atoms with Crippen molar-refractivity contribution in [3.63, 3.8) is 0 Å². The molecule has 0 saturated heterocycles. The summed E-state index contributed by atoms with van der Waals surface area (Å²) >= 11 is 0. The number of rotatable bonds is 12. The molecule has 1 N–H and O–H groups in total. The number of phenolic OH excluding ortho intramolecular Hbond substituents is 1. The normalized spacial score (nSPS) is 10.8. The summed E-state index contributed by atoms with van der Waals surface area (Å²) in [6, 6.07) is 5.45. The van der Waals surface area contributed by atoms with E-state index < -0.39 is 0 Å². The lowest BCUT2D eigenvalue weighted by molar-refractivity contribution is 0.300. The van der Waals surface area contributed by atoms with Crippen LogP contribution < -0.4 is 4.74 Å². The van der Waals surface area contributed by atoms with Gasteiger partial charge in [0.2, 0.25) is 0 Å². The van der Waals surface area contributed by atoms with E-state index in [0.717, 1.165) is 24.3 Å². The van der Waals surface area contributed by atoms with Crippen molar-refractivity contribution in [2.75, 3.05) is 6.61 Å². The predicted octanol–water partition coefficient (Wildman–Crippen LogP) is 6.00. The van der Waals surface area contributed by atoms with Crippen molar-refractivity contribution in [2.24, 2.45) is 0 Å². The summed E-state index contributed by atoms with van der Waals surface area (Å²) < 4.78 is 5.73. The minimum absolute atomic E-state index is 0.315. The lowest BCUT2D eigenvalue weighted by Crippen LogP contribution is -1.98. The summed E-state index contributed by atoms with van der Waals surface area (Å²) in [5.74, 6) is 1.13. The van der Waals surface area contributed by atoms with Crippen LogP contribution in [0, 0.1) is 6.92 Å². The van der Waals surface area contributed by atoms with Crippen molar-refractivity contribution in [1.82, 2.24) is 0 Å². The van der Waals surface area contributed by atoms with E-state index in [-0.39, 0.29) is 0 Å². The van der Waals surface area contributed by atoms with Gasteiger partial charge in [-0.25, -0.2) is 0 Å². The van der Waals surface area contributed by atoms with Gasteiger partial charge >= 0.3 is 0 Å². The average molecular weight is 292 g/mol. The van der Waals surface area contributed by atoms with Crippen LogP contribution in [0.15, 0.2) is 18.2 Å². The highest BCUT2D eigenvalue weighted by molar-refractivity contribution is 5.42. The highest BCUT2D eigenvalue weighted by Crippen LogP contribution is 2.26. The molecule has 2 nitrogen and oxygen atoms in total. The Morgan fingerprint density at radius 1 is 0.857 bits per heavy atom. The maximum absolute atomic E-state index is 9.60. The zero-order valence-electron chi connectivity index (χ0n) is 13.9. The molecule has 0 amide bonds. The molecule has 0 radical (unpaired) electrons. The lowest BCUT2D eigenvalue weighted by Gasteiger charge is -2.09. The Morgan fingerprint density at radius 3 is 2.05 bits per heavy atom. The van der Waals surface area contributed by atoms with Crippen LogP contribution in [0.2, 0.25) is 0 Å². The van der Waals surface area contributed by atoms with Crippen molar-refractivity contribution in [3.8, 4) is 11.5 Å². The Balaban J connectivity index is 1.94. The first-order valence-corrected chi connectivity index (χ1v) is 8.67. The Kier molecular flexibility index (Phi) is 9.77.